The average molecular weight is 253 g/mol. The van der Waals surface area contributed by atoms with Crippen LogP contribution in [0.4, 0.5) is 4.39 Å². The Morgan fingerprint density at radius 2 is 1.94 bits per heavy atom. The number of benzene rings is 1. The fourth-order valence-electron chi connectivity index (χ4n) is 2.28. The van der Waals surface area contributed by atoms with Gasteiger partial charge >= 0.3 is 0 Å². The third-order valence-corrected chi connectivity index (χ3v) is 3.37. The second-order valence-electron chi connectivity index (χ2n) is 4.74. The van der Waals surface area contributed by atoms with Crippen molar-refractivity contribution in [3.63, 3.8) is 0 Å². The molecule has 1 heterocycles. The van der Waals surface area contributed by atoms with Gasteiger partial charge in [-0.1, -0.05) is 6.07 Å². The highest BCUT2D eigenvalue weighted by atomic mass is 19.1. The van der Waals surface area contributed by atoms with Crippen LogP contribution < -0.4 is 20.9 Å². The minimum Gasteiger partial charge on any atom is -0.494 e. The Balaban J connectivity index is 1.96. The highest BCUT2D eigenvalue weighted by Gasteiger charge is 2.28. The first-order valence-electron chi connectivity index (χ1n) is 6.18. The van der Waals surface area contributed by atoms with Gasteiger partial charge in [0, 0.05) is 24.7 Å². The molecule has 5 heteroatoms. The van der Waals surface area contributed by atoms with Crippen molar-refractivity contribution in [2.45, 2.75) is 38.5 Å². The molecule has 4 nitrogen and oxygen atoms in total. The maximum atomic E-state index is 13.5. The Labute approximate surface area is 107 Å². The van der Waals surface area contributed by atoms with Crippen LogP contribution in [0.2, 0.25) is 0 Å². The summed E-state index contributed by atoms with van der Waals surface area (Å²) in [6, 6.07) is 6.07. The zero-order valence-electron chi connectivity index (χ0n) is 11.0. The molecule has 3 N–H and O–H groups in total. The van der Waals surface area contributed by atoms with E-state index in [1.807, 2.05) is 6.07 Å². The Morgan fingerprint density at radius 3 is 2.50 bits per heavy atom. The fourth-order valence-corrected chi connectivity index (χ4v) is 2.28. The van der Waals surface area contributed by atoms with Gasteiger partial charge in [-0.15, -0.1) is 0 Å². The Bertz CT molecular complexity index is 403. The summed E-state index contributed by atoms with van der Waals surface area (Å²) in [6.07, 6.45) is 0. The molecule has 0 amide bonds. The van der Waals surface area contributed by atoms with E-state index >= 15 is 0 Å². The van der Waals surface area contributed by atoms with Crippen molar-refractivity contribution in [3.8, 4) is 5.75 Å². The molecule has 0 aliphatic carbocycles. The summed E-state index contributed by atoms with van der Waals surface area (Å²) in [6.45, 7) is 4.87. The maximum absolute atomic E-state index is 13.5. The van der Waals surface area contributed by atoms with Crippen molar-refractivity contribution in [3.05, 3.63) is 29.6 Å². The number of hydrazine groups is 1. The van der Waals surface area contributed by atoms with Gasteiger partial charge in [-0.25, -0.2) is 4.39 Å². The van der Waals surface area contributed by atoms with Gasteiger partial charge in [-0.2, -0.15) is 0 Å². The van der Waals surface area contributed by atoms with E-state index in [0.717, 1.165) is 5.56 Å². The molecule has 18 heavy (non-hydrogen) atoms. The average Bonchev–Trinajstić information content (AvgIpc) is 2.67. The van der Waals surface area contributed by atoms with Gasteiger partial charge in [0.2, 0.25) is 0 Å². The van der Waals surface area contributed by atoms with Gasteiger partial charge in [0.15, 0.2) is 11.6 Å². The van der Waals surface area contributed by atoms with E-state index in [1.54, 1.807) is 6.07 Å². The quantitative estimate of drug-likeness (QED) is 0.754. The van der Waals surface area contributed by atoms with Crippen LogP contribution in [0, 0.1) is 5.82 Å². The molecule has 1 aliphatic heterocycles. The van der Waals surface area contributed by atoms with E-state index in [-0.39, 0.29) is 11.6 Å². The number of halogens is 1. The monoisotopic (exact) mass is 253 g/mol. The predicted octanol–water partition coefficient (Wildman–Crippen LogP) is 1.18. The molecule has 0 spiro atoms. The van der Waals surface area contributed by atoms with E-state index in [4.69, 9.17) is 4.74 Å². The molecule has 2 atom stereocenters. The lowest BCUT2D eigenvalue weighted by atomic mass is 10.1. The standard InChI is InChI=1S/C13H20FN3O/c1-8-13(9(2)17-16-8)15-7-10-4-5-12(18-3)11(14)6-10/h4-6,8-9,13,15-17H,7H2,1-3H3. The normalized spacial score (nSPS) is 27.4. The molecule has 0 saturated carbocycles. The summed E-state index contributed by atoms with van der Waals surface area (Å²) in [4.78, 5) is 0. The van der Waals surface area contributed by atoms with Gasteiger partial charge in [0.25, 0.3) is 0 Å². The molecular formula is C13H20FN3O. The molecule has 1 aromatic rings. The minimum absolute atomic E-state index is 0.282. The van der Waals surface area contributed by atoms with Gasteiger partial charge < -0.3 is 10.1 Å². The Morgan fingerprint density at radius 1 is 1.28 bits per heavy atom. The second kappa shape index (κ2) is 5.65. The molecule has 0 radical (unpaired) electrons. The molecule has 2 rings (SSSR count). The van der Waals surface area contributed by atoms with E-state index in [0.29, 0.717) is 24.7 Å². The topological polar surface area (TPSA) is 45.3 Å². The van der Waals surface area contributed by atoms with Gasteiger partial charge in [0.1, 0.15) is 0 Å². The van der Waals surface area contributed by atoms with Crippen LogP contribution >= 0.6 is 0 Å². The maximum Gasteiger partial charge on any atom is 0.165 e. The number of methoxy groups -OCH3 is 1. The zero-order chi connectivity index (χ0) is 13.1. The summed E-state index contributed by atoms with van der Waals surface area (Å²) in [7, 11) is 1.47. The second-order valence-corrected chi connectivity index (χ2v) is 4.74. The summed E-state index contributed by atoms with van der Waals surface area (Å²) in [5.41, 5.74) is 7.27. The molecule has 2 unspecified atom stereocenters. The fraction of sp³-hybridized carbons (Fsp3) is 0.538. The van der Waals surface area contributed by atoms with Gasteiger partial charge in [0.05, 0.1) is 7.11 Å². The van der Waals surface area contributed by atoms with Crippen molar-refractivity contribution in [1.29, 1.82) is 0 Å². The van der Waals surface area contributed by atoms with Crippen LogP contribution in [0.15, 0.2) is 18.2 Å². The molecule has 1 fully saturated rings. The molecular weight excluding hydrogens is 233 g/mol. The van der Waals surface area contributed by atoms with E-state index in [9.17, 15) is 4.39 Å². The summed E-state index contributed by atoms with van der Waals surface area (Å²) < 4.78 is 18.4. The molecule has 1 saturated heterocycles. The third kappa shape index (κ3) is 2.80. The lowest BCUT2D eigenvalue weighted by Gasteiger charge is -2.19. The number of hydrogen-bond donors (Lipinski definition) is 3. The highest BCUT2D eigenvalue weighted by Crippen LogP contribution is 2.18. The number of hydrogen-bond acceptors (Lipinski definition) is 4. The van der Waals surface area contributed by atoms with Crippen molar-refractivity contribution in [1.82, 2.24) is 16.2 Å². The number of nitrogens with one attached hydrogen (secondary N) is 3. The van der Waals surface area contributed by atoms with Crippen LogP contribution in [0.5, 0.6) is 5.75 Å². The third-order valence-electron chi connectivity index (χ3n) is 3.37. The van der Waals surface area contributed by atoms with Crippen molar-refractivity contribution in [2.75, 3.05) is 7.11 Å². The van der Waals surface area contributed by atoms with Gasteiger partial charge in [-0.05, 0) is 31.5 Å². The first-order valence-corrected chi connectivity index (χ1v) is 6.18. The molecule has 0 aromatic heterocycles. The predicted molar refractivity (Wildman–Crippen MR) is 68.8 cm³/mol. The van der Waals surface area contributed by atoms with Gasteiger partial charge in [-0.3, -0.25) is 10.9 Å². The van der Waals surface area contributed by atoms with E-state index in [1.165, 1.54) is 13.2 Å². The smallest absolute Gasteiger partial charge is 0.165 e. The minimum atomic E-state index is -0.319. The lowest BCUT2D eigenvalue weighted by molar-refractivity contribution is 0.385. The SMILES string of the molecule is COc1ccc(CNC2C(C)NNC2C)cc1F. The van der Waals surface area contributed by atoms with Crippen molar-refractivity contribution in [2.24, 2.45) is 0 Å². The van der Waals surface area contributed by atoms with E-state index in [2.05, 4.69) is 30.0 Å². The van der Waals surface area contributed by atoms with Crippen LogP contribution in [0.3, 0.4) is 0 Å². The van der Waals surface area contributed by atoms with Crippen LogP contribution in [0.1, 0.15) is 19.4 Å². The first-order chi connectivity index (χ1) is 8.61. The zero-order valence-corrected chi connectivity index (χ0v) is 11.0. The molecule has 0 bridgehead atoms. The van der Waals surface area contributed by atoms with Crippen LogP contribution in [-0.2, 0) is 6.54 Å². The molecule has 1 aliphatic rings. The Kier molecular flexibility index (Phi) is 4.16. The first kappa shape index (κ1) is 13.3. The number of ether oxygens (including phenoxy) is 1. The van der Waals surface area contributed by atoms with E-state index < -0.39 is 0 Å². The summed E-state index contributed by atoms with van der Waals surface area (Å²) in [5, 5.41) is 3.43. The highest BCUT2D eigenvalue weighted by molar-refractivity contribution is 5.29. The largest absolute Gasteiger partial charge is 0.494 e. The van der Waals surface area contributed by atoms with Crippen LogP contribution in [0.25, 0.3) is 0 Å². The lowest BCUT2D eigenvalue weighted by Crippen LogP contribution is -2.42. The summed E-state index contributed by atoms with van der Waals surface area (Å²) >= 11 is 0. The van der Waals surface area contributed by atoms with Crippen molar-refractivity contribution >= 4 is 0 Å². The molecule has 100 valence electrons. The van der Waals surface area contributed by atoms with Crippen LogP contribution in [-0.4, -0.2) is 25.2 Å². The molecule has 1 aromatic carbocycles. The van der Waals surface area contributed by atoms with Crippen molar-refractivity contribution < 1.29 is 9.13 Å². The number of rotatable bonds is 4. The summed E-state index contributed by atoms with van der Waals surface area (Å²) in [5.74, 6) is -0.0368. The Hall–Kier alpha value is -1.17.